The smallest absolute Gasteiger partial charge is 0.231 e. The number of imide groups is 1. The summed E-state index contributed by atoms with van der Waals surface area (Å²) in [6, 6.07) is 0. The zero-order valence-electron chi connectivity index (χ0n) is 6.19. The molecule has 62 valence electrons. The van der Waals surface area contributed by atoms with E-state index < -0.39 is 0 Å². The fourth-order valence-electron chi connectivity index (χ4n) is 2.22. The number of nitrogens with one attached hydrogen (secondary N) is 1. The van der Waals surface area contributed by atoms with Crippen LogP contribution < -0.4 is 5.32 Å². The van der Waals surface area contributed by atoms with Gasteiger partial charge >= 0.3 is 0 Å². The Kier molecular flexibility index (Phi) is 1.08. The van der Waals surface area contributed by atoms with E-state index >= 15 is 0 Å². The van der Waals surface area contributed by atoms with Crippen LogP contribution in [0.2, 0.25) is 0 Å². The molecule has 0 radical (unpaired) electrons. The Hall–Kier alpha value is -0.770. The molecule has 0 aliphatic carbocycles. The number of hydrogen-bond acceptors (Lipinski definition) is 3. The first-order valence-corrected chi connectivity index (χ1v) is 4.90. The maximum absolute atomic E-state index is 11.3. The van der Waals surface area contributed by atoms with Crippen LogP contribution in [-0.4, -0.2) is 22.3 Å². The molecule has 0 saturated carbocycles. The molecule has 4 atom stereocenters. The lowest BCUT2D eigenvalue weighted by Crippen LogP contribution is -2.26. The first-order chi connectivity index (χ1) is 5.77. The van der Waals surface area contributed by atoms with E-state index in [1.165, 1.54) is 0 Å². The summed E-state index contributed by atoms with van der Waals surface area (Å²) in [4.78, 5) is 22.6. The average Bonchev–Trinajstić information content (AvgIpc) is 2.64. The van der Waals surface area contributed by atoms with E-state index in [-0.39, 0.29) is 34.2 Å². The molecular formula is C8H7NO2S. The summed E-state index contributed by atoms with van der Waals surface area (Å²) in [5, 5.41) is 2.90. The van der Waals surface area contributed by atoms with Crippen molar-refractivity contribution in [2.45, 2.75) is 10.5 Å². The van der Waals surface area contributed by atoms with Gasteiger partial charge in [0, 0.05) is 10.5 Å². The van der Waals surface area contributed by atoms with Gasteiger partial charge in [0.2, 0.25) is 11.8 Å². The number of carbonyl (C=O) groups is 2. The zero-order chi connectivity index (χ0) is 8.29. The van der Waals surface area contributed by atoms with Crippen LogP contribution >= 0.6 is 11.8 Å². The van der Waals surface area contributed by atoms with E-state index in [0.29, 0.717) is 0 Å². The molecule has 3 heterocycles. The third-order valence-electron chi connectivity index (χ3n) is 2.75. The van der Waals surface area contributed by atoms with E-state index in [4.69, 9.17) is 0 Å². The quantitative estimate of drug-likeness (QED) is 0.420. The Bertz CT molecular complexity index is 284. The van der Waals surface area contributed by atoms with E-state index in [1.54, 1.807) is 11.8 Å². The van der Waals surface area contributed by atoms with Gasteiger partial charge in [0.1, 0.15) is 0 Å². The lowest BCUT2D eigenvalue weighted by molar-refractivity contribution is -0.126. The highest BCUT2D eigenvalue weighted by Gasteiger charge is 2.56. The summed E-state index contributed by atoms with van der Waals surface area (Å²) in [6.45, 7) is 0. The summed E-state index contributed by atoms with van der Waals surface area (Å²) in [7, 11) is 0. The number of hydrogen-bond donors (Lipinski definition) is 1. The largest absolute Gasteiger partial charge is 0.296 e. The van der Waals surface area contributed by atoms with Crippen LogP contribution in [0.3, 0.4) is 0 Å². The van der Waals surface area contributed by atoms with Crippen molar-refractivity contribution in [2.24, 2.45) is 11.8 Å². The summed E-state index contributed by atoms with van der Waals surface area (Å²) >= 11 is 1.74. The second-order valence-corrected chi connectivity index (χ2v) is 4.72. The Morgan fingerprint density at radius 1 is 1.08 bits per heavy atom. The molecule has 0 aromatic carbocycles. The molecule has 2 bridgehead atoms. The molecule has 0 spiro atoms. The second kappa shape index (κ2) is 1.93. The Labute approximate surface area is 73.6 Å². The van der Waals surface area contributed by atoms with Crippen molar-refractivity contribution in [3.63, 3.8) is 0 Å². The minimum absolute atomic E-state index is 0.0718. The van der Waals surface area contributed by atoms with Crippen molar-refractivity contribution in [1.29, 1.82) is 0 Å². The number of carbonyl (C=O) groups excluding carboxylic acids is 2. The highest BCUT2D eigenvalue weighted by atomic mass is 32.2. The van der Waals surface area contributed by atoms with Gasteiger partial charge in [-0.3, -0.25) is 14.9 Å². The average molecular weight is 181 g/mol. The minimum atomic E-state index is -0.0747. The Balaban J connectivity index is 2.08. The van der Waals surface area contributed by atoms with Crippen molar-refractivity contribution < 1.29 is 9.59 Å². The van der Waals surface area contributed by atoms with Crippen LogP contribution in [0.25, 0.3) is 0 Å². The number of amides is 2. The van der Waals surface area contributed by atoms with Crippen LogP contribution in [0.4, 0.5) is 0 Å². The third-order valence-corrected chi connectivity index (χ3v) is 4.28. The van der Waals surface area contributed by atoms with Gasteiger partial charge in [0.15, 0.2) is 0 Å². The van der Waals surface area contributed by atoms with Crippen molar-refractivity contribution in [3.05, 3.63) is 12.2 Å². The van der Waals surface area contributed by atoms with Gasteiger partial charge < -0.3 is 0 Å². The van der Waals surface area contributed by atoms with Gasteiger partial charge in [-0.15, -0.1) is 11.8 Å². The molecule has 2 saturated heterocycles. The number of fused-ring (bicyclic) bond motifs is 5. The third kappa shape index (κ3) is 0.602. The highest BCUT2D eigenvalue weighted by Crippen LogP contribution is 2.50. The van der Waals surface area contributed by atoms with Gasteiger partial charge in [-0.2, -0.15) is 0 Å². The van der Waals surface area contributed by atoms with Crippen molar-refractivity contribution in [1.82, 2.24) is 5.32 Å². The predicted octanol–water partition coefficient (Wildman–Crippen LogP) is -0.0710. The SMILES string of the molecule is O=C1NC(=O)C2C1[C@@H]1C=C[C@H]2S1. The lowest BCUT2D eigenvalue weighted by atomic mass is 9.85. The maximum atomic E-state index is 11.3. The Morgan fingerprint density at radius 2 is 1.58 bits per heavy atom. The van der Waals surface area contributed by atoms with Crippen molar-refractivity contribution >= 4 is 23.6 Å². The monoisotopic (exact) mass is 181 g/mol. The van der Waals surface area contributed by atoms with Crippen LogP contribution in [0, 0.1) is 11.8 Å². The van der Waals surface area contributed by atoms with Crippen LogP contribution in [-0.2, 0) is 9.59 Å². The lowest BCUT2D eigenvalue weighted by Gasteiger charge is -2.12. The topological polar surface area (TPSA) is 46.2 Å². The molecule has 1 N–H and O–H groups in total. The zero-order valence-corrected chi connectivity index (χ0v) is 7.01. The molecule has 2 fully saturated rings. The fraction of sp³-hybridized carbons (Fsp3) is 0.500. The van der Waals surface area contributed by atoms with Gasteiger partial charge in [-0.25, -0.2) is 0 Å². The molecular weight excluding hydrogens is 174 g/mol. The standard InChI is InChI=1S/C8H7NO2S/c10-7-5-3-1-2-4(12-3)6(5)8(11)9-7/h1-6H,(H,9,10,11)/t3-,4+,5?,6?. The molecule has 3 nitrogen and oxygen atoms in total. The maximum Gasteiger partial charge on any atom is 0.231 e. The molecule has 0 aromatic rings. The summed E-state index contributed by atoms with van der Waals surface area (Å²) in [6.07, 6.45) is 4.10. The molecule has 12 heavy (non-hydrogen) atoms. The first kappa shape index (κ1) is 6.71. The highest BCUT2D eigenvalue weighted by molar-refractivity contribution is 8.01. The molecule has 3 rings (SSSR count). The number of thioether (sulfide) groups is 1. The molecule has 3 aliphatic rings. The fourth-order valence-corrected chi connectivity index (χ4v) is 3.87. The van der Waals surface area contributed by atoms with Crippen LogP contribution in [0.5, 0.6) is 0 Å². The molecule has 2 unspecified atom stereocenters. The van der Waals surface area contributed by atoms with Crippen LogP contribution in [0.1, 0.15) is 0 Å². The summed E-state index contributed by atoms with van der Waals surface area (Å²) in [5.41, 5.74) is 0. The Morgan fingerprint density at radius 3 is 2.08 bits per heavy atom. The predicted molar refractivity (Wildman–Crippen MR) is 44.4 cm³/mol. The van der Waals surface area contributed by atoms with Gasteiger partial charge in [0.25, 0.3) is 0 Å². The van der Waals surface area contributed by atoms with Crippen molar-refractivity contribution in [3.8, 4) is 0 Å². The summed E-state index contributed by atoms with van der Waals surface area (Å²) in [5.74, 6) is -0.293. The second-order valence-electron chi connectivity index (χ2n) is 3.36. The van der Waals surface area contributed by atoms with Gasteiger partial charge in [-0.05, 0) is 0 Å². The van der Waals surface area contributed by atoms with Crippen LogP contribution in [0.15, 0.2) is 12.2 Å². The van der Waals surface area contributed by atoms with E-state index in [9.17, 15) is 9.59 Å². The normalized spacial score (nSPS) is 48.3. The van der Waals surface area contributed by atoms with E-state index in [0.717, 1.165) is 0 Å². The first-order valence-electron chi connectivity index (χ1n) is 3.96. The van der Waals surface area contributed by atoms with E-state index in [2.05, 4.69) is 17.5 Å². The summed E-state index contributed by atoms with van der Waals surface area (Å²) < 4.78 is 0. The number of rotatable bonds is 0. The van der Waals surface area contributed by atoms with Gasteiger partial charge in [-0.1, -0.05) is 12.2 Å². The molecule has 3 aliphatic heterocycles. The molecule has 2 amide bonds. The molecule has 4 heteroatoms. The van der Waals surface area contributed by atoms with Gasteiger partial charge in [0.05, 0.1) is 11.8 Å². The van der Waals surface area contributed by atoms with E-state index in [1.807, 2.05) is 0 Å². The minimum Gasteiger partial charge on any atom is -0.296 e. The molecule has 0 aromatic heterocycles. The van der Waals surface area contributed by atoms with Crippen molar-refractivity contribution in [2.75, 3.05) is 0 Å².